The van der Waals surface area contributed by atoms with E-state index in [0.29, 0.717) is 5.92 Å². The molecule has 90 valence electrons. The highest BCUT2D eigenvalue weighted by molar-refractivity contribution is 5.43. The molecule has 16 heavy (non-hydrogen) atoms. The SMILES string of the molecule is CCCc1c(N)n[nH]c1C1CCC(C)CC1. The van der Waals surface area contributed by atoms with Gasteiger partial charge < -0.3 is 5.73 Å². The predicted molar refractivity (Wildman–Crippen MR) is 67.4 cm³/mol. The number of nitrogen functional groups attached to an aromatic ring is 1. The smallest absolute Gasteiger partial charge is 0.148 e. The van der Waals surface area contributed by atoms with Gasteiger partial charge in [-0.2, -0.15) is 5.10 Å². The molecular weight excluding hydrogens is 198 g/mol. The molecule has 0 radical (unpaired) electrons. The number of nitrogens with one attached hydrogen (secondary N) is 1. The van der Waals surface area contributed by atoms with Crippen LogP contribution in [0.3, 0.4) is 0 Å². The highest BCUT2D eigenvalue weighted by Gasteiger charge is 2.24. The summed E-state index contributed by atoms with van der Waals surface area (Å²) in [4.78, 5) is 0. The Bertz CT molecular complexity index is 335. The van der Waals surface area contributed by atoms with Crippen molar-refractivity contribution in [3.63, 3.8) is 0 Å². The second-order valence-electron chi connectivity index (χ2n) is 5.21. The van der Waals surface area contributed by atoms with Crippen molar-refractivity contribution in [2.45, 2.75) is 58.3 Å². The standard InChI is InChI=1S/C13H23N3/c1-3-4-11-12(15-16-13(11)14)10-7-5-9(2)6-8-10/h9-10H,3-8H2,1-2H3,(H3,14,15,16). The van der Waals surface area contributed by atoms with E-state index in [1.807, 2.05) is 0 Å². The largest absolute Gasteiger partial charge is 0.382 e. The van der Waals surface area contributed by atoms with Crippen molar-refractivity contribution in [3.05, 3.63) is 11.3 Å². The second-order valence-corrected chi connectivity index (χ2v) is 5.21. The van der Waals surface area contributed by atoms with Crippen molar-refractivity contribution < 1.29 is 0 Å². The monoisotopic (exact) mass is 221 g/mol. The van der Waals surface area contributed by atoms with Gasteiger partial charge >= 0.3 is 0 Å². The Morgan fingerprint density at radius 3 is 2.62 bits per heavy atom. The lowest BCUT2D eigenvalue weighted by Gasteiger charge is -2.26. The van der Waals surface area contributed by atoms with Crippen molar-refractivity contribution in [2.75, 3.05) is 5.73 Å². The van der Waals surface area contributed by atoms with Crippen LogP contribution in [0.25, 0.3) is 0 Å². The maximum Gasteiger partial charge on any atom is 0.148 e. The third kappa shape index (κ3) is 2.23. The molecule has 0 spiro atoms. The van der Waals surface area contributed by atoms with Crippen LogP contribution in [0.15, 0.2) is 0 Å². The number of nitrogens with two attached hydrogens (primary N) is 1. The van der Waals surface area contributed by atoms with Crippen LogP contribution in [0, 0.1) is 5.92 Å². The topological polar surface area (TPSA) is 54.7 Å². The molecule has 3 heteroatoms. The molecule has 0 amide bonds. The van der Waals surface area contributed by atoms with Crippen molar-refractivity contribution in [3.8, 4) is 0 Å². The fraction of sp³-hybridized carbons (Fsp3) is 0.769. The number of nitrogens with zero attached hydrogens (tertiary/aromatic N) is 1. The lowest BCUT2D eigenvalue weighted by atomic mass is 9.80. The Kier molecular flexibility index (Phi) is 3.52. The molecule has 0 unspecified atom stereocenters. The molecule has 2 rings (SSSR count). The fourth-order valence-electron chi connectivity index (χ4n) is 2.79. The molecule has 0 aliphatic heterocycles. The van der Waals surface area contributed by atoms with Gasteiger partial charge in [-0.05, 0) is 25.2 Å². The Morgan fingerprint density at radius 2 is 2.00 bits per heavy atom. The molecule has 1 aliphatic carbocycles. The highest BCUT2D eigenvalue weighted by atomic mass is 15.2. The number of aromatic amines is 1. The number of rotatable bonds is 3. The van der Waals surface area contributed by atoms with Crippen LogP contribution >= 0.6 is 0 Å². The Balaban J connectivity index is 2.13. The Morgan fingerprint density at radius 1 is 1.31 bits per heavy atom. The number of aromatic nitrogens is 2. The van der Waals surface area contributed by atoms with Gasteiger partial charge in [0.2, 0.25) is 0 Å². The van der Waals surface area contributed by atoms with Crippen LogP contribution in [0.1, 0.15) is 63.1 Å². The van der Waals surface area contributed by atoms with Crippen molar-refractivity contribution >= 4 is 5.82 Å². The van der Waals surface area contributed by atoms with Crippen LogP contribution in [0.2, 0.25) is 0 Å². The normalized spacial score (nSPS) is 25.9. The zero-order chi connectivity index (χ0) is 11.5. The summed E-state index contributed by atoms with van der Waals surface area (Å²) >= 11 is 0. The van der Waals surface area contributed by atoms with Gasteiger partial charge in [-0.25, -0.2) is 0 Å². The maximum absolute atomic E-state index is 5.92. The zero-order valence-electron chi connectivity index (χ0n) is 10.4. The minimum absolute atomic E-state index is 0.669. The number of hydrogen-bond acceptors (Lipinski definition) is 2. The van der Waals surface area contributed by atoms with Crippen molar-refractivity contribution in [2.24, 2.45) is 5.92 Å². The van der Waals surface area contributed by atoms with Gasteiger partial charge in [0, 0.05) is 17.2 Å². The van der Waals surface area contributed by atoms with Crippen LogP contribution in [-0.4, -0.2) is 10.2 Å². The van der Waals surface area contributed by atoms with E-state index in [-0.39, 0.29) is 0 Å². The van der Waals surface area contributed by atoms with E-state index >= 15 is 0 Å². The molecule has 1 aromatic rings. The van der Waals surface area contributed by atoms with Gasteiger partial charge in [-0.1, -0.05) is 33.1 Å². The predicted octanol–water partition coefficient (Wildman–Crippen LogP) is 3.24. The number of hydrogen-bond donors (Lipinski definition) is 2. The molecule has 0 aromatic carbocycles. The van der Waals surface area contributed by atoms with Crippen LogP contribution in [0.4, 0.5) is 5.82 Å². The first-order valence-electron chi connectivity index (χ1n) is 6.55. The third-order valence-electron chi connectivity index (χ3n) is 3.86. The van der Waals surface area contributed by atoms with E-state index in [9.17, 15) is 0 Å². The van der Waals surface area contributed by atoms with Gasteiger partial charge in [-0.15, -0.1) is 0 Å². The van der Waals surface area contributed by atoms with Gasteiger partial charge in [0.1, 0.15) is 5.82 Å². The molecule has 3 nitrogen and oxygen atoms in total. The van der Waals surface area contributed by atoms with Gasteiger partial charge in [0.25, 0.3) is 0 Å². The molecule has 3 N–H and O–H groups in total. The molecule has 0 bridgehead atoms. The summed E-state index contributed by atoms with van der Waals surface area (Å²) in [5.41, 5.74) is 8.52. The Labute approximate surface area is 97.8 Å². The lowest BCUT2D eigenvalue weighted by molar-refractivity contribution is 0.343. The van der Waals surface area contributed by atoms with Crippen LogP contribution in [0.5, 0.6) is 0 Å². The molecule has 0 atom stereocenters. The molecule has 1 aliphatic rings. The van der Waals surface area contributed by atoms with E-state index in [1.165, 1.54) is 36.9 Å². The van der Waals surface area contributed by atoms with Crippen LogP contribution in [-0.2, 0) is 6.42 Å². The fourth-order valence-corrected chi connectivity index (χ4v) is 2.79. The summed E-state index contributed by atoms with van der Waals surface area (Å²) in [6, 6.07) is 0. The third-order valence-corrected chi connectivity index (χ3v) is 3.86. The molecule has 1 heterocycles. The van der Waals surface area contributed by atoms with Crippen molar-refractivity contribution in [1.29, 1.82) is 0 Å². The van der Waals surface area contributed by atoms with Gasteiger partial charge in [0.05, 0.1) is 0 Å². The van der Waals surface area contributed by atoms with Crippen LogP contribution < -0.4 is 5.73 Å². The first-order valence-corrected chi connectivity index (χ1v) is 6.55. The number of H-pyrrole nitrogens is 1. The molecule has 1 fully saturated rings. The molecular formula is C13H23N3. The minimum Gasteiger partial charge on any atom is -0.382 e. The molecule has 1 saturated carbocycles. The quantitative estimate of drug-likeness (QED) is 0.823. The van der Waals surface area contributed by atoms with E-state index < -0.39 is 0 Å². The van der Waals surface area contributed by atoms with Gasteiger partial charge in [-0.3, -0.25) is 5.10 Å². The average Bonchev–Trinajstić information content (AvgIpc) is 2.63. The zero-order valence-corrected chi connectivity index (χ0v) is 10.4. The van der Waals surface area contributed by atoms with E-state index in [1.54, 1.807) is 0 Å². The van der Waals surface area contributed by atoms with E-state index in [0.717, 1.165) is 24.6 Å². The second kappa shape index (κ2) is 4.89. The summed E-state index contributed by atoms with van der Waals surface area (Å²) in [6.07, 6.45) is 7.47. The van der Waals surface area contributed by atoms with E-state index in [2.05, 4.69) is 24.0 Å². The highest BCUT2D eigenvalue weighted by Crippen LogP contribution is 2.37. The average molecular weight is 221 g/mol. The summed E-state index contributed by atoms with van der Waals surface area (Å²) in [5.74, 6) is 2.28. The van der Waals surface area contributed by atoms with Gasteiger partial charge in [0.15, 0.2) is 0 Å². The lowest BCUT2D eigenvalue weighted by Crippen LogP contribution is -2.12. The number of anilines is 1. The van der Waals surface area contributed by atoms with Crippen molar-refractivity contribution in [1.82, 2.24) is 10.2 Å². The summed E-state index contributed by atoms with van der Waals surface area (Å²) in [7, 11) is 0. The van der Waals surface area contributed by atoms with E-state index in [4.69, 9.17) is 5.73 Å². The molecule has 1 aromatic heterocycles. The first kappa shape index (κ1) is 11.5. The maximum atomic E-state index is 5.92. The first-order chi connectivity index (χ1) is 7.72. The summed E-state index contributed by atoms with van der Waals surface area (Å²) in [5, 5.41) is 7.35. The summed E-state index contributed by atoms with van der Waals surface area (Å²) in [6.45, 7) is 4.55. The Hall–Kier alpha value is -0.990. The minimum atomic E-state index is 0.669. The summed E-state index contributed by atoms with van der Waals surface area (Å²) < 4.78 is 0. The molecule has 0 saturated heterocycles.